The molecule has 0 unspecified atom stereocenters. The van der Waals surface area contributed by atoms with E-state index in [0.717, 1.165) is 27.6 Å². The lowest BCUT2D eigenvalue weighted by molar-refractivity contribution is 1.20. The van der Waals surface area contributed by atoms with E-state index in [1.54, 1.807) is 11.3 Å². The van der Waals surface area contributed by atoms with Crippen molar-refractivity contribution in [3.05, 3.63) is 46.1 Å². The topological polar surface area (TPSA) is 53.1 Å². The minimum absolute atomic E-state index is 0.828. The lowest BCUT2D eigenvalue weighted by Crippen LogP contribution is -1.91. The van der Waals surface area contributed by atoms with Crippen LogP contribution in [0.25, 0.3) is 10.9 Å². The van der Waals surface area contributed by atoms with Gasteiger partial charge in [0.1, 0.15) is 0 Å². The number of para-hydroxylation sites is 1. The number of aromatic amines is 1. The van der Waals surface area contributed by atoms with Gasteiger partial charge in [0, 0.05) is 27.0 Å². The van der Waals surface area contributed by atoms with Gasteiger partial charge in [0.05, 0.1) is 11.9 Å². The van der Waals surface area contributed by atoms with Crippen LogP contribution in [0.2, 0.25) is 0 Å². The molecule has 0 aliphatic heterocycles. The van der Waals surface area contributed by atoms with Crippen LogP contribution in [0.5, 0.6) is 0 Å². The molecule has 102 valence electrons. The van der Waals surface area contributed by atoms with Crippen molar-refractivity contribution in [3.8, 4) is 0 Å². The van der Waals surface area contributed by atoms with E-state index in [4.69, 9.17) is 0 Å². The summed E-state index contributed by atoms with van der Waals surface area (Å²) < 4.78 is 0. The predicted octanol–water partition coefficient (Wildman–Crippen LogP) is 4.00. The van der Waals surface area contributed by atoms with E-state index in [2.05, 4.69) is 46.5 Å². The lowest BCUT2D eigenvalue weighted by Gasteiger charge is -1.94. The second-order valence-corrected chi connectivity index (χ2v) is 5.94. The summed E-state index contributed by atoms with van der Waals surface area (Å²) in [5.74, 6) is 0. The van der Waals surface area contributed by atoms with E-state index in [1.165, 1.54) is 10.3 Å². The third kappa shape index (κ3) is 2.32. The van der Waals surface area contributed by atoms with Crippen molar-refractivity contribution < 1.29 is 0 Å². The summed E-state index contributed by atoms with van der Waals surface area (Å²) in [7, 11) is 0. The highest BCUT2D eigenvalue weighted by Crippen LogP contribution is 2.22. The molecule has 3 rings (SSSR count). The van der Waals surface area contributed by atoms with Gasteiger partial charge in [-0.3, -0.25) is 5.43 Å². The largest absolute Gasteiger partial charge is 0.358 e. The molecule has 1 aromatic carbocycles. The smallest absolute Gasteiger partial charge is 0.203 e. The molecule has 0 saturated carbocycles. The van der Waals surface area contributed by atoms with Crippen LogP contribution in [-0.4, -0.2) is 16.2 Å². The highest BCUT2D eigenvalue weighted by molar-refractivity contribution is 7.15. The van der Waals surface area contributed by atoms with Crippen molar-refractivity contribution in [1.82, 2.24) is 9.97 Å². The summed E-state index contributed by atoms with van der Waals surface area (Å²) in [6.45, 7) is 6.12. The van der Waals surface area contributed by atoms with Crippen LogP contribution in [-0.2, 0) is 0 Å². The molecule has 2 heterocycles. The summed E-state index contributed by atoms with van der Waals surface area (Å²) >= 11 is 1.62. The Morgan fingerprint density at radius 3 is 2.80 bits per heavy atom. The van der Waals surface area contributed by atoms with E-state index in [0.29, 0.717) is 0 Å². The highest BCUT2D eigenvalue weighted by atomic mass is 32.1. The van der Waals surface area contributed by atoms with Crippen LogP contribution in [0, 0.1) is 20.8 Å². The molecular formula is C15H16N4S. The summed E-state index contributed by atoms with van der Waals surface area (Å²) in [6, 6.07) is 8.23. The van der Waals surface area contributed by atoms with E-state index in [9.17, 15) is 0 Å². The van der Waals surface area contributed by atoms with Crippen molar-refractivity contribution in [1.29, 1.82) is 0 Å². The van der Waals surface area contributed by atoms with Gasteiger partial charge in [0.15, 0.2) is 0 Å². The number of benzene rings is 1. The zero-order valence-electron chi connectivity index (χ0n) is 11.7. The summed E-state index contributed by atoms with van der Waals surface area (Å²) in [4.78, 5) is 8.97. The number of hydrazone groups is 1. The maximum Gasteiger partial charge on any atom is 0.203 e. The number of rotatable bonds is 3. The molecule has 0 spiro atoms. The number of aromatic nitrogens is 2. The van der Waals surface area contributed by atoms with Crippen LogP contribution in [0.15, 0.2) is 29.4 Å². The first-order chi connectivity index (χ1) is 9.65. The first kappa shape index (κ1) is 12.9. The van der Waals surface area contributed by atoms with Gasteiger partial charge >= 0.3 is 0 Å². The molecule has 5 heteroatoms. The normalized spacial score (nSPS) is 11.6. The van der Waals surface area contributed by atoms with E-state index < -0.39 is 0 Å². The molecule has 0 aliphatic carbocycles. The van der Waals surface area contributed by atoms with E-state index in [1.807, 2.05) is 25.3 Å². The minimum Gasteiger partial charge on any atom is -0.358 e. The Morgan fingerprint density at radius 2 is 2.05 bits per heavy atom. The monoisotopic (exact) mass is 284 g/mol. The number of hydrogen-bond acceptors (Lipinski definition) is 4. The standard InChI is InChI=1S/C15H16N4S/c1-9-11(3)20-15(18-9)19-16-8-13-10(2)17-14-7-5-4-6-12(13)14/h4-8,17H,1-3H3,(H,18,19)/b16-8-. The Bertz CT molecular complexity index is 763. The van der Waals surface area contributed by atoms with E-state index in [-0.39, 0.29) is 0 Å². The van der Waals surface area contributed by atoms with E-state index >= 15 is 0 Å². The Balaban J connectivity index is 1.85. The third-order valence-corrected chi connectivity index (χ3v) is 4.30. The second kappa shape index (κ2) is 5.09. The average molecular weight is 284 g/mol. The molecule has 0 radical (unpaired) electrons. The number of H-pyrrole nitrogens is 1. The van der Waals surface area contributed by atoms with Crippen molar-refractivity contribution in [2.75, 3.05) is 5.43 Å². The Hall–Kier alpha value is -2.14. The second-order valence-electron chi connectivity index (χ2n) is 4.74. The summed E-state index contributed by atoms with van der Waals surface area (Å²) in [5, 5.41) is 6.31. The van der Waals surface area contributed by atoms with Gasteiger partial charge in [-0.25, -0.2) is 4.98 Å². The lowest BCUT2D eigenvalue weighted by atomic mass is 10.1. The number of nitrogens with zero attached hydrogens (tertiary/aromatic N) is 2. The first-order valence-electron chi connectivity index (χ1n) is 6.45. The molecule has 0 aliphatic rings. The Labute approximate surface area is 121 Å². The third-order valence-electron chi connectivity index (χ3n) is 3.33. The van der Waals surface area contributed by atoms with Crippen LogP contribution in [0.4, 0.5) is 5.13 Å². The maximum atomic E-state index is 4.40. The summed E-state index contributed by atoms with van der Waals surface area (Å²) in [5.41, 5.74) is 7.41. The zero-order chi connectivity index (χ0) is 14.1. The van der Waals surface area contributed by atoms with Crippen LogP contribution in [0.1, 0.15) is 21.8 Å². The molecule has 0 saturated heterocycles. The first-order valence-corrected chi connectivity index (χ1v) is 7.27. The number of thiazole rings is 1. The predicted molar refractivity (Wildman–Crippen MR) is 85.8 cm³/mol. The van der Waals surface area contributed by atoms with Gasteiger partial charge in [-0.2, -0.15) is 5.10 Å². The highest BCUT2D eigenvalue weighted by Gasteiger charge is 2.05. The van der Waals surface area contributed by atoms with Gasteiger partial charge in [-0.05, 0) is 26.8 Å². The van der Waals surface area contributed by atoms with Crippen molar-refractivity contribution in [3.63, 3.8) is 0 Å². The van der Waals surface area contributed by atoms with Crippen molar-refractivity contribution >= 4 is 33.6 Å². The van der Waals surface area contributed by atoms with Crippen molar-refractivity contribution in [2.45, 2.75) is 20.8 Å². The van der Waals surface area contributed by atoms with Gasteiger partial charge in [-0.1, -0.05) is 18.2 Å². The minimum atomic E-state index is 0.828. The Morgan fingerprint density at radius 1 is 1.25 bits per heavy atom. The van der Waals surface area contributed by atoms with Gasteiger partial charge in [0.2, 0.25) is 5.13 Å². The molecule has 4 nitrogen and oxygen atoms in total. The number of nitrogens with one attached hydrogen (secondary N) is 2. The van der Waals surface area contributed by atoms with Gasteiger partial charge < -0.3 is 4.98 Å². The molecule has 0 fully saturated rings. The molecule has 0 atom stereocenters. The summed E-state index contributed by atoms with van der Waals surface area (Å²) in [6.07, 6.45) is 1.85. The quantitative estimate of drug-likeness (QED) is 0.564. The molecule has 2 N–H and O–H groups in total. The number of anilines is 1. The van der Waals surface area contributed by atoms with Crippen molar-refractivity contribution in [2.24, 2.45) is 5.10 Å². The SMILES string of the molecule is Cc1nc(N/N=C\c2c(C)[nH]c3ccccc23)sc1C. The molecule has 2 aromatic heterocycles. The number of aryl methyl sites for hydroxylation is 3. The fraction of sp³-hybridized carbons (Fsp3) is 0.200. The van der Waals surface area contributed by atoms with Gasteiger partial charge in [0.25, 0.3) is 0 Å². The fourth-order valence-electron chi connectivity index (χ4n) is 2.14. The zero-order valence-corrected chi connectivity index (χ0v) is 12.5. The number of fused-ring (bicyclic) bond motifs is 1. The average Bonchev–Trinajstić information content (AvgIpc) is 2.91. The van der Waals surface area contributed by atoms with Crippen LogP contribution < -0.4 is 5.43 Å². The van der Waals surface area contributed by atoms with Crippen LogP contribution in [0.3, 0.4) is 0 Å². The van der Waals surface area contributed by atoms with Gasteiger partial charge in [-0.15, -0.1) is 11.3 Å². The molecule has 0 amide bonds. The maximum absolute atomic E-state index is 4.40. The molecular weight excluding hydrogens is 268 g/mol. The molecule has 0 bridgehead atoms. The fourth-order valence-corrected chi connectivity index (χ4v) is 2.90. The molecule has 20 heavy (non-hydrogen) atoms. The molecule has 3 aromatic rings. The van der Waals surface area contributed by atoms with Crippen LogP contribution >= 0.6 is 11.3 Å². The number of hydrogen-bond donors (Lipinski definition) is 2. The Kier molecular flexibility index (Phi) is 3.28.